The van der Waals surface area contributed by atoms with Crippen LogP contribution >= 0.6 is 11.6 Å². The minimum Gasteiger partial charge on any atom is -0.371 e. The molecule has 3 N–H and O–H groups in total. The third-order valence-corrected chi connectivity index (χ3v) is 6.07. The number of anilines is 1. The van der Waals surface area contributed by atoms with E-state index in [4.69, 9.17) is 16.6 Å². The standard InChI is InChI=1S/C21H23ClN4/c22-15-5-3-4-14(10-15)13-23-20-21(11-16-8-9-17(12-21)24-16)26-19-7-2-1-6-18(19)25-20/h1-7,10,16-17,24,26H,8-9,11-13H2,(H,23,25). The molecule has 2 aromatic rings. The molecule has 0 aromatic heterocycles. The number of nitrogens with one attached hydrogen (secondary N) is 3. The predicted octanol–water partition coefficient (Wildman–Crippen LogP) is 4.24. The van der Waals surface area contributed by atoms with E-state index in [1.54, 1.807) is 0 Å². The normalized spacial score (nSPS) is 29.0. The molecule has 2 unspecified atom stereocenters. The summed E-state index contributed by atoms with van der Waals surface area (Å²) in [5.74, 6) is 1.06. The Hall–Kier alpha value is -2.04. The van der Waals surface area contributed by atoms with Crippen LogP contribution in [-0.4, -0.2) is 23.5 Å². The first-order chi connectivity index (χ1) is 12.7. The van der Waals surface area contributed by atoms with Crippen molar-refractivity contribution in [3.63, 3.8) is 0 Å². The lowest BCUT2D eigenvalue weighted by molar-refractivity contribution is 0.330. The van der Waals surface area contributed by atoms with E-state index in [0.29, 0.717) is 12.1 Å². The van der Waals surface area contributed by atoms with Gasteiger partial charge >= 0.3 is 0 Å². The van der Waals surface area contributed by atoms with Gasteiger partial charge in [0.15, 0.2) is 0 Å². The second kappa shape index (κ2) is 6.29. The first-order valence-corrected chi connectivity index (χ1v) is 9.79. The van der Waals surface area contributed by atoms with Crippen LogP contribution in [0.4, 0.5) is 11.4 Å². The highest BCUT2D eigenvalue weighted by Gasteiger charge is 2.48. The van der Waals surface area contributed by atoms with Crippen LogP contribution in [0, 0.1) is 0 Å². The molecule has 2 saturated heterocycles. The molecule has 2 fully saturated rings. The van der Waals surface area contributed by atoms with Gasteiger partial charge in [0.1, 0.15) is 5.84 Å². The minimum atomic E-state index is -0.107. The first-order valence-electron chi connectivity index (χ1n) is 9.41. The summed E-state index contributed by atoms with van der Waals surface area (Å²) >= 11 is 6.14. The van der Waals surface area contributed by atoms with Crippen molar-refractivity contribution in [2.45, 2.75) is 49.9 Å². The number of piperidine rings is 1. The molecule has 0 radical (unpaired) electrons. The number of benzene rings is 2. The van der Waals surface area contributed by atoms with E-state index in [1.807, 2.05) is 24.3 Å². The monoisotopic (exact) mass is 366 g/mol. The van der Waals surface area contributed by atoms with Crippen LogP contribution in [0.5, 0.6) is 0 Å². The molecule has 4 nitrogen and oxygen atoms in total. The number of amidine groups is 1. The Morgan fingerprint density at radius 2 is 1.88 bits per heavy atom. The topological polar surface area (TPSA) is 48.5 Å². The number of hydrogen-bond donors (Lipinski definition) is 3. The van der Waals surface area contributed by atoms with Crippen molar-refractivity contribution < 1.29 is 0 Å². The van der Waals surface area contributed by atoms with Crippen LogP contribution in [0.2, 0.25) is 5.02 Å². The fourth-order valence-corrected chi connectivity index (χ4v) is 4.92. The Bertz CT molecular complexity index is 851. The van der Waals surface area contributed by atoms with E-state index >= 15 is 0 Å². The quantitative estimate of drug-likeness (QED) is 0.745. The Kier molecular flexibility index (Phi) is 3.91. The van der Waals surface area contributed by atoms with E-state index in [1.165, 1.54) is 18.4 Å². The Morgan fingerprint density at radius 3 is 2.69 bits per heavy atom. The maximum atomic E-state index is 6.14. The van der Waals surface area contributed by atoms with Crippen LogP contribution in [-0.2, 0) is 6.54 Å². The maximum absolute atomic E-state index is 6.14. The van der Waals surface area contributed by atoms with E-state index in [2.05, 4.69) is 40.2 Å². The molecule has 0 amide bonds. The molecule has 134 valence electrons. The molecule has 26 heavy (non-hydrogen) atoms. The average Bonchev–Trinajstić information content (AvgIpc) is 2.99. The van der Waals surface area contributed by atoms with Crippen LogP contribution < -0.4 is 16.0 Å². The second-order valence-electron chi connectivity index (χ2n) is 7.71. The number of hydrogen-bond acceptors (Lipinski definition) is 4. The molecular formula is C21H23ClN4. The molecule has 0 saturated carbocycles. The number of halogens is 1. The number of para-hydroxylation sites is 2. The molecule has 2 atom stereocenters. The lowest BCUT2D eigenvalue weighted by Crippen LogP contribution is -2.61. The van der Waals surface area contributed by atoms with Crippen molar-refractivity contribution in [3.05, 3.63) is 59.1 Å². The largest absolute Gasteiger partial charge is 0.371 e. The summed E-state index contributed by atoms with van der Waals surface area (Å²) in [4.78, 5) is 5.04. The Balaban J connectivity index is 1.47. The molecule has 3 aliphatic rings. The number of aliphatic imine (C=N–C) groups is 1. The molecule has 2 bridgehead atoms. The Labute approximate surface area is 159 Å². The van der Waals surface area contributed by atoms with E-state index < -0.39 is 0 Å². The van der Waals surface area contributed by atoms with E-state index in [9.17, 15) is 0 Å². The fraction of sp³-hybridized carbons (Fsp3) is 0.381. The molecule has 3 heterocycles. The van der Waals surface area contributed by atoms with Gasteiger partial charge in [-0.2, -0.15) is 0 Å². The molecule has 5 heteroatoms. The van der Waals surface area contributed by atoms with Gasteiger partial charge < -0.3 is 16.0 Å². The number of rotatable bonds is 2. The van der Waals surface area contributed by atoms with E-state index in [0.717, 1.165) is 41.6 Å². The molecule has 5 rings (SSSR count). The molecule has 3 aliphatic heterocycles. The molecule has 0 aliphatic carbocycles. The molecular weight excluding hydrogens is 344 g/mol. The van der Waals surface area contributed by atoms with Crippen molar-refractivity contribution in [2.24, 2.45) is 4.99 Å². The summed E-state index contributed by atoms with van der Waals surface area (Å²) < 4.78 is 0. The zero-order valence-electron chi connectivity index (χ0n) is 14.6. The summed E-state index contributed by atoms with van der Waals surface area (Å²) in [7, 11) is 0. The highest BCUT2D eigenvalue weighted by atomic mass is 35.5. The van der Waals surface area contributed by atoms with Crippen molar-refractivity contribution in [1.82, 2.24) is 10.6 Å². The molecule has 2 aromatic carbocycles. The zero-order chi connectivity index (χ0) is 17.6. The van der Waals surface area contributed by atoms with Crippen molar-refractivity contribution in [2.75, 3.05) is 5.32 Å². The van der Waals surface area contributed by atoms with E-state index in [-0.39, 0.29) is 5.54 Å². The van der Waals surface area contributed by atoms with Crippen LogP contribution in [0.25, 0.3) is 0 Å². The maximum Gasteiger partial charge on any atom is 0.128 e. The Morgan fingerprint density at radius 1 is 1.08 bits per heavy atom. The second-order valence-corrected chi connectivity index (χ2v) is 8.15. The van der Waals surface area contributed by atoms with Crippen molar-refractivity contribution in [3.8, 4) is 0 Å². The van der Waals surface area contributed by atoms with Crippen LogP contribution in [0.1, 0.15) is 31.2 Å². The van der Waals surface area contributed by atoms with Gasteiger partial charge in [-0.1, -0.05) is 35.9 Å². The van der Waals surface area contributed by atoms with Gasteiger partial charge in [0.05, 0.1) is 16.9 Å². The highest BCUT2D eigenvalue weighted by Crippen LogP contribution is 2.42. The van der Waals surface area contributed by atoms with Crippen LogP contribution in [0.15, 0.2) is 53.5 Å². The fourth-order valence-electron chi connectivity index (χ4n) is 4.71. The SMILES string of the molecule is Clc1cccc(CNC2=Nc3ccccc3NC23CC2CCC(C3)N2)c1. The van der Waals surface area contributed by atoms with Gasteiger partial charge in [0.2, 0.25) is 0 Å². The summed E-state index contributed by atoms with van der Waals surface area (Å²) in [5, 5.41) is 12.0. The number of fused-ring (bicyclic) bond motifs is 3. The molecule has 1 spiro atoms. The van der Waals surface area contributed by atoms with Gasteiger partial charge in [-0.25, -0.2) is 4.99 Å². The number of nitrogens with zero attached hydrogens (tertiary/aromatic N) is 1. The lowest BCUT2D eigenvalue weighted by atomic mass is 9.81. The summed E-state index contributed by atoms with van der Waals surface area (Å²) in [6.45, 7) is 0.730. The van der Waals surface area contributed by atoms with Gasteiger partial charge in [-0.05, 0) is 55.5 Å². The predicted molar refractivity (Wildman–Crippen MR) is 107 cm³/mol. The average molecular weight is 367 g/mol. The van der Waals surface area contributed by atoms with Gasteiger partial charge in [0, 0.05) is 23.7 Å². The lowest BCUT2D eigenvalue weighted by Gasteiger charge is -2.45. The van der Waals surface area contributed by atoms with Gasteiger partial charge in [0.25, 0.3) is 0 Å². The minimum absolute atomic E-state index is 0.107. The summed E-state index contributed by atoms with van der Waals surface area (Å²) in [5.41, 5.74) is 3.22. The van der Waals surface area contributed by atoms with Crippen LogP contribution in [0.3, 0.4) is 0 Å². The highest BCUT2D eigenvalue weighted by molar-refractivity contribution is 6.30. The summed E-state index contributed by atoms with van der Waals surface area (Å²) in [6.07, 6.45) is 4.66. The van der Waals surface area contributed by atoms with Crippen molar-refractivity contribution >= 4 is 28.8 Å². The van der Waals surface area contributed by atoms with Crippen molar-refractivity contribution in [1.29, 1.82) is 0 Å². The zero-order valence-corrected chi connectivity index (χ0v) is 15.4. The third-order valence-electron chi connectivity index (χ3n) is 5.84. The smallest absolute Gasteiger partial charge is 0.128 e. The third kappa shape index (κ3) is 2.87. The van der Waals surface area contributed by atoms with Gasteiger partial charge in [-0.15, -0.1) is 0 Å². The van der Waals surface area contributed by atoms with Gasteiger partial charge in [-0.3, -0.25) is 0 Å². The summed E-state index contributed by atoms with van der Waals surface area (Å²) in [6, 6.07) is 17.5. The first kappa shape index (κ1) is 16.2.